The average molecular weight is 451 g/mol. The normalized spacial score (nSPS) is 11.2. The second-order valence-corrected chi connectivity index (χ2v) is 8.71. The summed E-state index contributed by atoms with van der Waals surface area (Å²) in [6.45, 7) is 3.58. The van der Waals surface area contributed by atoms with Gasteiger partial charge in [-0.05, 0) is 61.4 Å². The van der Waals surface area contributed by atoms with Crippen LogP contribution in [0, 0.1) is 25.5 Å². The summed E-state index contributed by atoms with van der Waals surface area (Å²) in [5.41, 5.74) is 1.97. The molecule has 3 aromatic carbocycles. The summed E-state index contributed by atoms with van der Waals surface area (Å²) in [7, 11) is -4.10. The molecule has 0 spiro atoms. The number of halogens is 3. The molecule has 1 amide bonds. The van der Waals surface area contributed by atoms with Crippen LogP contribution in [0.1, 0.15) is 21.5 Å². The number of hydrogen-bond acceptors (Lipinski definition) is 3. The Morgan fingerprint density at radius 3 is 2.37 bits per heavy atom. The number of aryl methyl sites for hydroxylation is 2. The van der Waals surface area contributed by atoms with Crippen LogP contribution in [0.5, 0.6) is 0 Å². The van der Waals surface area contributed by atoms with Gasteiger partial charge in [0.2, 0.25) is 0 Å². The molecule has 0 aliphatic rings. The molecule has 3 rings (SSSR count). The number of sulfonamides is 1. The summed E-state index contributed by atoms with van der Waals surface area (Å²) >= 11 is 6.08. The molecule has 0 bridgehead atoms. The Hall–Kier alpha value is -2.97. The van der Waals surface area contributed by atoms with Crippen molar-refractivity contribution in [2.75, 3.05) is 10.0 Å². The number of carbonyl (C=O) groups excluding carboxylic acids is 1. The fraction of sp³-hybridized carbons (Fsp3) is 0.0952. The third kappa shape index (κ3) is 4.77. The van der Waals surface area contributed by atoms with Gasteiger partial charge in [-0.15, -0.1) is 0 Å². The zero-order chi connectivity index (χ0) is 22.1. The fourth-order valence-corrected chi connectivity index (χ4v) is 4.32. The lowest BCUT2D eigenvalue weighted by Crippen LogP contribution is -2.17. The number of benzene rings is 3. The van der Waals surface area contributed by atoms with E-state index in [1.165, 1.54) is 18.2 Å². The van der Waals surface area contributed by atoms with Crippen molar-refractivity contribution in [2.24, 2.45) is 0 Å². The van der Waals surface area contributed by atoms with E-state index in [9.17, 15) is 22.0 Å². The number of rotatable bonds is 5. The molecule has 0 fully saturated rings. The van der Waals surface area contributed by atoms with Gasteiger partial charge in [-0.3, -0.25) is 9.52 Å². The molecule has 0 atom stereocenters. The van der Waals surface area contributed by atoms with Crippen molar-refractivity contribution in [1.29, 1.82) is 0 Å². The second-order valence-electron chi connectivity index (χ2n) is 6.65. The van der Waals surface area contributed by atoms with Gasteiger partial charge in [0.25, 0.3) is 15.9 Å². The quantitative estimate of drug-likeness (QED) is 0.554. The van der Waals surface area contributed by atoms with Gasteiger partial charge < -0.3 is 5.32 Å². The maximum absolute atomic E-state index is 13.3. The van der Waals surface area contributed by atoms with Gasteiger partial charge >= 0.3 is 0 Å². The van der Waals surface area contributed by atoms with Crippen LogP contribution in [0.2, 0.25) is 5.02 Å². The molecule has 0 radical (unpaired) electrons. The van der Waals surface area contributed by atoms with Gasteiger partial charge in [0.1, 0.15) is 4.90 Å². The number of nitrogens with one attached hydrogen (secondary N) is 2. The molecule has 0 unspecified atom stereocenters. The monoisotopic (exact) mass is 450 g/mol. The van der Waals surface area contributed by atoms with E-state index in [0.717, 1.165) is 23.8 Å². The van der Waals surface area contributed by atoms with E-state index >= 15 is 0 Å². The van der Waals surface area contributed by atoms with Crippen molar-refractivity contribution >= 4 is 38.9 Å². The van der Waals surface area contributed by atoms with Gasteiger partial charge in [-0.1, -0.05) is 23.7 Å². The Kier molecular flexibility index (Phi) is 6.09. The Labute approximate surface area is 177 Å². The van der Waals surface area contributed by atoms with Crippen LogP contribution >= 0.6 is 11.6 Å². The van der Waals surface area contributed by atoms with Crippen molar-refractivity contribution < 1.29 is 22.0 Å². The van der Waals surface area contributed by atoms with Crippen LogP contribution in [-0.2, 0) is 10.0 Å². The lowest BCUT2D eigenvalue weighted by molar-refractivity contribution is 0.102. The molecule has 9 heteroatoms. The number of hydrogen-bond donors (Lipinski definition) is 2. The summed E-state index contributed by atoms with van der Waals surface area (Å²) in [4.78, 5) is 12.2. The number of carbonyl (C=O) groups is 1. The molecular weight excluding hydrogens is 434 g/mol. The molecule has 2 N–H and O–H groups in total. The van der Waals surface area contributed by atoms with Gasteiger partial charge in [0, 0.05) is 17.3 Å². The van der Waals surface area contributed by atoms with E-state index < -0.39 is 27.6 Å². The Balaban J connectivity index is 1.91. The first-order valence-electron chi connectivity index (χ1n) is 8.73. The van der Waals surface area contributed by atoms with Crippen LogP contribution in [-0.4, -0.2) is 14.3 Å². The lowest BCUT2D eigenvalue weighted by atomic mass is 10.1. The minimum absolute atomic E-state index is 0.0202. The first-order valence-corrected chi connectivity index (χ1v) is 10.6. The highest BCUT2D eigenvalue weighted by Crippen LogP contribution is 2.27. The molecule has 0 aliphatic heterocycles. The van der Waals surface area contributed by atoms with E-state index in [-0.39, 0.29) is 21.2 Å². The lowest BCUT2D eigenvalue weighted by Gasteiger charge is -2.13. The SMILES string of the molecule is Cc1ccc(C)c(NS(=O)(=O)c2cc(C(=O)Nc3ccc(F)c(F)c3)ccc2Cl)c1. The molecule has 0 saturated heterocycles. The maximum atomic E-state index is 13.3. The van der Waals surface area contributed by atoms with E-state index in [4.69, 9.17) is 11.6 Å². The van der Waals surface area contributed by atoms with E-state index in [1.807, 2.05) is 13.0 Å². The number of anilines is 2. The molecule has 30 heavy (non-hydrogen) atoms. The van der Waals surface area contributed by atoms with Crippen LogP contribution in [0.25, 0.3) is 0 Å². The maximum Gasteiger partial charge on any atom is 0.263 e. The van der Waals surface area contributed by atoms with Crippen molar-refractivity contribution in [3.05, 3.63) is 87.9 Å². The third-order valence-electron chi connectivity index (χ3n) is 4.30. The molecule has 5 nitrogen and oxygen atoms in total. The zero-order valence-corrected chi connectivity index (χ0v) is 17.5. The molecule has 156 valence electrons. The summed E-state index contributed by atoms with van der Waals surface area (Å²) in [5, 5.41) is 2.31. The fourth-order valence-electron chi connectivity index (χ4n) is 2.67. The topological polar surface area (TPSA) is 75.3 Å². The minimum atomic E-state index is -4.10. The van der Waals surface area contributed by atoms with E-state index in [2.05, 4.69) is 10.0 Å². The Bertz CT molecular complexity index is 1250. The summed E-state index contributed by atoms with van der Waals surface area (Å²) in [6.07, 6.45) is 0. The van der Waals surface area contributed by atoms with Crippen molar-refractivity contribution in [1.82, 2.24) is 0 Å². The van der Waals surface area contributed by atoms with Crippen LogP contribution < -0.4 is 10.0 Å². The second kappa shape index (κ2) is 8.41. The largest absolute Gasteiger partial charge is 0.322 e. The Morgan fingerprint density at radius 1 is 0.933 bits per heavy atom. The molecule has 0 saturated carbocycles. The average Bonchev–Trinajstić information content (AvgIpc) is 2.67. The summed E-state index contributed by atoms with van der Waals surface area (Å²) in [5.74, 6) is -2.88. The highest BCUT2D eigenvalue weighted by molar-refractivity contribution is 7.92. The molecule has 0 aromatic heterocycles. The van der Waals surface area contributed by atoms with E-state index in [0.29, 0.717) is 11.3 Å². The van der Waals surface area contributed by atoms with E-state index in [1.54, 1.807) is 19.1 Å². The first-order chi connectivity index (χ1) is 14.1. The molecule has 3 aromatic rings. The zero-order valence-electron chi connectivity index (χ0n) is 16.0. The van der Waals surface area contributed by atoms with Gasteiger partial charge in [0.15, 0.2) is 11.6 Å². The van der Waals surface area contributed by atoms with Crippen LogP contribution in [0.15, 0.2) is 59.5 Å². The van der Waals surface area contributed by atoms with Gasteiger partial charge in [0.05, 0.1) is 10.7 Å². The molecule has 0 heterocycles. The highest BCUT2D eigenvalue weighted by Gasteiger charge is 2.21. The van der Waals surface area contributed by atoms with Gasteiger partial charge in [-0.25, -0.2) is 17.2 Å². The standard InChI is InChI=1S/C21H17ClF2N2O3S/c1-12-3-4-13(2)19(9-12)26-30(28,29)20-10-14(5-7-16(20)22)21(27)25-15-6-8-17(23)18(24)11-15/h3-11,26H,1-2H3,(H,25,27). The Morgan fingerprint density at radius 2 is 1.67 bits per heavy atom. The van der Waals surface area contributed by atoms with Crippen LogP contribution in [0.3, 0.4) is 0 Å². The highest BCUT2D eigenvalue weighted by atomic mass is 35.5. The van der Waals surface area contributed by atoms with Crippen molar-refractivity contribution in [2.45, 2.75) is 18.7 Å². The smallest absolute Gasteiger partial charge is 0.263 e. The third-order valence-corrected chi connectivity index (χ3v) is 6.14. The van der Waals surface area contributed by atoms with Crippen molar-refractivity contribution in [3.8, 4) is 0 Å². The predicted molar refractivity (Wildman–Crippen MR) is 112 cm³/mol. The van der Waals surface area contributed by atoms with Crippen LogP contribution in [0.4, 0.5) is 20.2 Å². The number of amides is 1. The van der Waals surface area contributed by atoms with Crippen molar-refractivity contribution in [3.63, 3.8) is 0 Å². The van der Waals surface area contributed by atoms with Gasteiger partial charge in [-0.2, -0.15) is 0 Å². The first kappa shape index (κ1) is 21.7. The minimum Gasteiger partial charge on any atom is -0.322 e. The predicted octanol–water partition coefficient (Wildman–Crippen LogP) is 5.29. The molecule has 0 aliphatic carbocycles. The summed E-state index contributed by atoms with van der Waals surface area (Å²) in [6, 6.07) is 11.9. The molecular formula is C21H17ClF2N2O3S. The summed E-state index contributed by atoms with van der Waals surface area (Å²) < 4.78 is 54.6.